The van der Waals surface area contributed by atoms with Crippen molar-refractivity contribution >= 4 is 17.8 Å². The van der Waals surface area contributed by atoms with E-state index in [2.05, 4.69) is 0 Å². The summed E-state index contributed by atoms with van der Waals surface area (Å²) >= 11 is 0. The van der Waals surface area contributed by atoms with Crippen molar-refractivity contribution < 1.29 is 19.5 Å². The molecule has 0 spiro atoms. The number of likely N-dealkylation sites (tertiary alicyclic amines) is 1. The molecule has 102 valence electrons. The number of carbonyl (C=O) groups is 3. The summed E-state index contributed by atoms with van der Waals surface area (Å²) in [4.78, 5) is 36.5. The lowest BCUT2D eigenvalue weighted by Crippen LogP contribution is -2.37. The third-order valence-electron chi connectivity index (χ3n) is 3.04. The molecule has 0 saturated carbocycles. The van der Waals surface area contributed by atoms with Gasteiger partial charge in [-0.15, -0.1) is 0 Å². The number of nitrogens with zero attached hydrogens (tertiary/aromatic N) is 2. The number of amides is 2. The molecular weight excluding hydrogens is 236 g/mol. The molecule has 1 fully saturated rings. The van der Waals surface area contributed by atoms with Crippen molar-refractivity contribution in [1.82, 2.24) is 9.80 Å². The van der Waals surface area contributed by atoms with Gasteiger partial charge in [0.25, 0.3) is 0 Å². The lowest BCUT2D eigenvalue weighted by atomic mass is 10.1. The zero-order valence-electron chi connectivity index (χ0n) is 10.7. The third-order valence-corrected chi connectivity index (χ3v) is 3.04. The van der Waals surface area contributed by atoms with Gasteiger partial charge in [0, 0.05) is 33.0 Å². The van der Waals surface area contributed by atoms with Crippen LogP contribution in [0.3, 0.4) is 0 Å². The lowest BCUT2D eigenvalue weighted by Gasteiger charge is -2.26. The topological polar surface area (TPSA) is 77.9 Å². The summed E-state index contributed by atoms with van der Waals surface area (Å²) in [5.41, 5.74) is 0. The SMILES string of the molecule is CN(CC(=O)O)C(=O)CCCN1CCCCC1=O. The van der Waals surface area contributed by atoms with Crippen molar-refractivity contribution in [3.63, 3.8) is 0 Å². The van der Waals surface area contributed by atoms with Crippen LogP contribution in [0.1, 0.15) is 32.1 Å². The fraction of sp³-hybridized carbons (Fsp3) is 0.750. The number of carboxylic acid groups (broad SMARTS) is 1. The summed E-state index contributed by atoms with van der Waals surface area (Å²) in [5, 5.41) is 8.55. The van der Waals surface area contributed by atoms with Crippen LogP contribution in [0, 0.1) is 0 Å². The minimum absolute atomic E-state index is 0.160. The van der Waals surface area contributed by atoms with Crippen molar-refractivity contribution in [3.05, 3.63) is 0 Å². The van der Waals surface area contributed by atoms with Crippen LogP contribution in [0.5, 0.6) is 0 Å². The molecule has 1 rings (SSSR count). The molecule has 0 atom stereocenters. The Morgan fingerprint density at radius 2 is 2.11 bits per heavy atom. The first-order valence-electron chi connectivity index (χ1n) is 6.24. The van der Waals surface area contributed by atoms with Gasteiger partial charge < -0.3 is 14.9 Å². The summed E-state index contributed by atoms with van der Waals surface area (Å²) in [6.45, 7) is 1.09. The average Bonchev–Trinajstić information content (AvgIpc) is 2.30. The first-order chi connectivity index (χ1) is 8.50. The van der Waals surface area contributed by atoms with E-state index in [1.54, 1.807) is 4.90 Å². The minimum Gasteiger partial charge on any atom is -0.480 e. The molecular formula is C12H20N2O4. The summed E-state index contributed by atoms with van der Waals surface area (Å²) in [7, 11) is 1.47. The monoisotopic (exact) mass is 256 g/mol. The molecule has 6 heteroatoms. The average molecular weight is 256 g/mol. The number of likely N-dealkylation sites (N-methyl/N-ethyl adjacent to an activating group) is 1. The molecule has 1 saturated heterocycles. The quantitative estimate of drug-likeness (QED) is 0.742. The van der Waals surface area contributed by atoms with Gasteiger partial charge in [0.2, 0.25) is 11.8 Å². The molecule has 0 aromatic carbocycles. The Balaban J connectivity index is 2.22. The van der Waals surface area contributed by atoms with Crippen LogP contribution in [0.25, 0.3) is 0 Å². The second kappa shape index (κ2) is 6.98. The van der Waals surface area contributed by atoms with Crippen molar-refractivity contribution in [2.45, 2.75) is 32.1 Å². The largest absolute Gasteiger partial charge is 0.480 e. The highest BCUT2D eigenvalue weighted by atomic mass is 16.4. The van der Waals surface area contributed by atoms with E-state index in [4.69, 9.17) is 5.11 Å². The smallest absolute Gasteiger partial charge is 0.323 e. The maximum absolute atomic E-state index is 11.6. The Morgan fingerprint density at radius 3 is 2.72 bits per heavy atom. The maximum Gasteiger partial charge on any atom is 0.323 e. The predicted octanol–water partition coefficient (Wildman–Crippen LogP) is 0.322. The fourth-order valence-corrected chi connectivity index (χ4v) is 2.00. The number of carbonyl (C=O) groups excluding carboxylic acids is 2. The second-order valence-electron chi connectivity index (χ2n) is 4.58. The van der Waals surface area contributed by atoms with Gasteiger partial charge in [-0.2, -0.15) is 0 Å². The Kier molecular flexibility index (Phi) is 5.61. The number of hydrogen-bond acceptors (Lipinski definition) is 3. The van der Waals surface area contributed by atoms with Crippen LogP contribution in [-0.2, 0) is 14.4 Å². The van der Waals surface area contributed by atoms with E-state index in [-0.39, 0.29) is 24.8 Å². The second-order valence-corrected chi connectivity index (χ2v) is 4.58. The van der Waals surface area contributed by atoms with Gasteiger partial charge >= 0.3 is 5.97 Å². The first-order valence-corrected chi connectivity index (χ1v) is 6.24. The molecule has 1 aliphatic heterocycles. The Labute approximate surface area is 107 Å². The van der Waals surface area contributed by atoms with Crippen molar-refractivity contribution in [2.24, 2.45) is 0 Å². The number of piperidine rings is 1. The minimum atomic E-state index is -1.02. The molecule has 1 N–H and O–H groups in total. The highest BCUT2D eigenvalue weighted by Crippen LogP contribution is 2.11. The first kappa shape index (κ1) is 14.5. The lowest BCUT2D eigenvalue weighted by molar-refractivity contribution is -0.143. The zero-order chi connectivity index (χ0) is 13.5. The molecule has 18 heavy (non-hydrogen) atoms. The fourth-order valence-electron chi connectivity index (χ4n) is 2.00. The Bertz CT molecular complexity index is 330. The number of hydrogen-bond donors (Lipinski definition) is 1. The molecule has 1 heterocycles. The normalized spacial score (nSPS) is 15.6. The summed E-state index contributed by atoms with van der Waals surface area (Å²) in [5.74, 6) is -1.05. The van der Waals surface area contributed by atoms with E-state index in [9.17, 15) is 14.4 Å². The van der Waals surface area contributed by atoms with Crippen molar-refractivity contribution in [2.75, 3.05) is 26.7 Å². The van der Waals surface area contributed by atoms with E-state index in [0.29, 0.717) is 19.4 Å². The van der Waals surface area contributed by atoms with Crippen molar-refractivity contribution in [1.29, 1.82) is 0 Å². The van der Waals surface area contributed by atoms with Crippen LogP contribution >= 0.6 is 0 Å². The maximum atomic E-state index is 11.6. The van der Waals surface area contributed by atoms with Gasteiger partial charge in [-0.25, -0.2) is 0 Å². The van der Waals surface area contributed by atoms with E-state index >= 15 is 0 Å². The highest BCUT2D eigenvalue weighted by Gasteiger charge is 2.18. The van der Waals surface area contributed by atoms with Gasteiger partial charge in [0.05, 0.1) is 0 Å². The van der Waals surface area contributed by atoms with E-state index < -0.39 is 5.97 Å². The molecule has 0 unspecified atom stereocenters. The highest BCUT2D eigenvalue weighted by molar-refractivity contribution is 5.81. The zero-order valence-corrected chi connectivity index (χ0v) is 10.7. The molecule has 1 aliphatic rings. The standard InChI is InChI=1S/C12H20N2O4/c1-13(9-12(17)18)10(15)6-4-8-14-7-3-2-5-11(14)16/h2-9H2,1H3,(H,17,18). The van der Waals surface area contributed by atoms with Crippen molar-refractivity contribution in [3.8, 4) is 0 Å². The molecule has 0 aliphatic carbocycles. The molecule has 2 amide bonds. The van der Waals surface area contributed by atoms with Crippen LogP contribution in [-0.4, -0.2) is 59.4 Å². The third kappa shape index (κ3) is 4.73. The van der Waals surface area contributed by atoms with Crippen LogP contribution in [0.2, 0.25) is 0 Å². The van der Waals surface area contributed by atoms with E-state index in [1.807, 2.05) is 0 Å². The van der Waals surface area contributed by atoms with E-state index in [0.717, 1.165) is 19.4 Å². The summed E-state index contributed by atoms with van der Waals surface area (Å²) in [6, 6.07) is 0. The van der Waals surface area contributed by atoms with Gasteiger partial charge in [-0.05, 0) is 19.3 Å². The van der Waals surface area contributed by atoms with Gasteiger partial charge in [0.15, 0.2) is 0 Å². The molecule has 6 nitrogen and oxygen atoms in total. The summed E-state index contributed by atoms with van der Waals surface area (Å²) in [6.07, 6.45) is 3.46. The number of rotatable bonds is 6. The van der Waals surface area contributed by atoms with Crippen LogP contribution in [0.4, 0.5) is 0 Å². The molecule has 0 aromatic rings. The number of aliphatic carboxylic acids is 1. The summed E-state index contributed by atoms with van der Waals surface area (Å²) < 4.78 is 0. The van der Waals surface area contributed by atoms with Crippen LogP contribution in [0.15, 0.2) is 0 Å². The Morgan fingerprint density at radius 1 is 1.39 bits per heavy atom. The van der Waals surface area contributed by atoms with Gasteiger partial charge in [-0.3, -0.25) is 14.4 Å². The Hall–Kier alpha value is -1.59. The predicted molar refractivity (Wildman–Crippen MR) is 64.9 cm³/mol. The van der Waals surface area contributed by atoms with Gasteiger partial charge in [-0.1, -0.05) is 0 Å². The number of carboxylic acids is 1. The molecule has 0 radical (unpaired) electrons. The molecule has 0 aromatic heterocycles. The van der Waals surface area contributed by atoms with Crippen LogP contribution < -0.4 is 0 Å². The van der Waals surface area contributed by atoms with Gasteiger partial charge in [0.1, 0.15) is 6.54 Å². The molecule has 0 bridgehead atoms. The van der Waals surface area contributed by atoms with E-state index in [1.165, 1.54) is 11.9 Å².